The quantitative estimate of drug-likeness (QED) is 0.712. The molecular weight excluding hydrogens is 363 g/mol. The highest BCUT2D eigenvalue weighted by molar-refractivity contribution is 5.88. The number of halogens is 2. The highest BCUT2D eigenvalue weighted by Crippen LogP contribution is 2.38. The molecule has 2 rings (SSSR count). The van der Waals surface area contributed by atoms with Crippen LogP contribution >= 0.6 is 24.8 Å². The molecule has 0 unspecified atom stereocenters. The van der Waals surface area contributed by atoms with E-state index in [9.17, 15) is 9.59 Å². The summed E-state index contributed by atoms with van der Waals surface area (Å²) in [5, 5.41) is 5.90. The van der Waals surface area contributed by atoms with E-state index >= 15 is 0 Å². The minimum Gasteiger partial charge on any atom is -0.358 e. The summed E-state index contributed by atoms with van der Waals surface area (Å²) in [6.07, 6.45) is 6.91. The van der Waals surface area contributed by atoms with Gasteiger partial charge in [-0.15, -0.1) is 24.8 Å². The van der Waals surface area contributed by atoms with E-state index in [1.54, 1.807) is 7.05 Å². The van der Waals surface area contributed by atoms with Gasteiger partial charge >= 0.3 is 0 Å². The lowest BCUT2D eigenvalue weighted by Gasteiger charge is -2.45. The normalized spacial score (nSPS) is 22.6. The van der Waals surface area contributed by atoms with Crippen LogP contribution in [0.5, 0.6) is 0 Å². The summed E-state index contributed by atoms with van der Waals surface area (Å²) in [5.41, 5.74) is -0.479. The molecule has 0 aromatic rings. The summed E-state index contributed by atoms with van der Waals surface area (Å²) in [7, 11) is 5.70. The largest absolute Gasteiger partial charge is 0.358 e. The van der Waals surface area contributed by atoms with E-state index in [4.69, 9.17) is 0 Å². The molecule has 148 valence electrons. The number of nitrogens with one attached hydrogen (secondary N) is 2. The molecule has 8 heteroatoms. The van der Waals surface area contributed by atoms with E-state index in [1.807, 2.05) is 14.1 Å². The van der Waals surface area contributed by atoms with Crippen LogP contribution in [0.3, 0.4) is 0 Å². The van der Waals surface area contributed by atoms with Crippen molar-refractivity contribution in [3.63, 3.8) is 0 Å². The predicted molar refractivity (Wildman–Crippen MR) is 106 cm³/mol. The Morgan fingerprint density at radius 1 is 1.12 bits per heavy atom. The first kappa shape index (κ1) is 24.4. The lowest BCUT2D eigenvalue weighted by Crippen LogP contribution is -2.63. The Labute approximate surface area is 164 Å². The summed E-state index contributed by atoms with van der Waals surface area (Å²) >= 11 is 0. The number of hydrogen-bond acceptors (Lipinski definition) is 4. The first-order valence-electron chi connectivity index (χ1n) is 8.92. The summed E-state index contributed by atoms with van der Waals surface area (Å²) in [4.78, 5) is 29.5. The molecule has 0 spiro atoms. The predicted octanol–water partition coefficient (Wildman–Crippen LogP) is 1.42. The van der Waals surface area contributed by atoms with Gasteiger partial charge < -0.3 is 15.5 Å². The number of nitrogens with zero attached hydrogens (tertiary/aromatic N) is 2. The molecule has 2 amide bonds. The van der Waals surface area contributed by atoms with Crippen LogP contribution in [0.2, 0.25) is 0 Å². The number of carbonyl (C=O) groups is 2. The van der Waals surface area contributed by atoms with Crippen LogP contribution in [-0.2, 0) is 9.59 Å². The van der Waals surface area contributed by atoms with Crippen molar-refractivity contribution in [3.8, 4) is 0 Å². The summed E-state index contributed by atoms with van der Waals surface area (Å²) in [6.45, 7) is 2.33. The van der Waals surface area contributed by atoms with E-state index < -0.39 is 5.54 Å². The number of likely N-dealkylation sites (N-methyl/N-ethyl adjacent to an activating group) is 2. The van der Waals surface area contributed by atoms with Crippen LogP contribution in [0.25, 0.3) is 0 Å². The second-order valence-electron chi connectivity index (χ2n) is 7.12. The first-order valence-corrected chi connectivity index (χ1v) is 8.92. The lowest BCUT2D eigenvalue weighted by molar-refractivity contribution is -0.140. The minimum absolute atomic E-state index is 0. The topological polar surface area (TPSA) is 64.7 Å². The molecule has 0 radical (unpaired) electrons. The Balaban J connectivity index is 0.00000288. The molecular formula is C17H34Cl2N4O2. The molecule has 1 saturated heterocycles. The van der Waals surface area contributed by atoms with E-state index in [0.29, 0.717) is 6.54 Å². The molecule has 2 N–H and O–H groups in total. The number of carbonyl (C=O) groups excluding carboxylic acids is 2. The molecule has 2 aliphatic rings. The fourth-order valence-electron chi connectivity index (χ4n) is 4.09. The Morgan fingerprint density at radius 3 is 2.32 bits per heavy atom. The zero-order valence-electron chi connectivity index (χ0n) is 15.7. The van der Waals surface area contributed by atoms with Gasteiger partial charge in [-0.25, -0.2) is 0 Å². The molecule has 1 saturated carbocycles. The van der Waals surface area contributed by atoms with Gasteiger partial charge in [0.05, 0.1) is 6.04 Å². The van der Waals surface area contributed by atoms with Crippen molar-refractivity contribution in [1.29, 1.82) is 0 Å². The third-order valence-corrected chi connectivity index (χ3v) is 5.29. The lowest BCUT2D eigenvalue weighted by atomic mass is 9.79. The van der Waals surface area contributed by atoms with Gasteiger partial charge in [0.25, 0.3) is 0 Å². The molecule has 0 bridgehead atoms. The van der Waals surface area contributed by atoms with Crippen LogP contribution in [0.15, 0.2) is 0 Å². The van der Waals surface area contributed by atoms with Crippen molar-refractivity contribution in [2.45, 2.75) is 56.5 Å². The van der Waals surface area contributed by atoms with Crippen molar-refractivity contribution < 1.29 is 9.59 Å². The van der Waals surface area contributed by atoms with Gasteiger partial charge in [-0.3, -0.25) is 14.5 Å². The van der Waals surface area contributed by atoms with Gasteiger partial charge in [-0.1, -0.05) is 19.3 Å². The van der Waals surface area contributed by atoms with Gasteiger partial charge in [0.15, 0.2) is 0 Å². The molecule has 2 fully saturated rings. The Bertz CT molecular complexity index is 429. The smallest absolute Gasteiger partial charge is 0.240 e. The summed E-state index contributed by atoms with van der Waals surface area (Å²) < 4.78 is 0. The zero-order chi connectivity index (χ0) is 16.9. The Hall–Kier alpha value is -0.560. The minimum atomic E-state index is -0.479. The highest BCUT2D eigenvalue weighted by atomic mass is 35.5. The Kier molecular flexibility index (Phi) is 11.0. The maximum Gasteiger partial charge on any atom is 0.240 e. The molecule has 1 atom stereocenters. The molecule has 6 nitrogen and oxygen atoms in total. The fraction of sp³-hybridized carbons (Fsp3) is 0.882. The number of rotatable bonds is 6. The second-order valence-corrected chi connectivity index (χ2v) is 7.12. The van der Waals surface area contributed by atoms with Crippen LogP contribution in [0.1, 0.15) is 44.9 Å². The second kappa shape index (κ2) is 11.2. The van der Waals surface area contributed by atoms with Crippen molar-refractivity contribution in [2.24, 2.45) is 0 Å². The maximum absolute atomic E-state index is 12.7. The number of amides is 2. The highest BCUT2D eigenvalue weighted by Gasteiger charge is 2.49. The van der Waals surface area contributed by atoms with E-state index in [-0.39, 0.29) is 42.7 Å². The van der Waals surface area contributed by atoms with Crippen LogP contribution < -0.4 is 10.6 Å². The summed E-state index contributed by atoms with van der Waals surface area (Å²) in [5.74, 6) is 0.170. The Morgan fingerprint density at radius 2 is 1.76 bits per heavy atom. The molecule has 0 aromatic carbocycles. The number of likely N-dealkylation sites (tertiary alicyclic amines) is 1. The van der Waals surface area contributed by atoms with E-state index in [0.717, 1.165) is 51.6 Å². The van der Waals surface area contributed by atoms with E-state index in [2.05, 4.69) is 20.4 Å². The van der Waals surface area contributed by atoms with E-state index in [1.165, 1.54) is 6.42 Å². The SMILES string of the molecule is CNC(=O)C1(N2CCC[C@H]2C(=O)NCCN(C)C)CCCCC1.Cl.Cl. The molecule has 1 aliphatic carbocycles. The monoisotopic (exact) mass is 396 g/mol. The standard InChI is InChI=1S/C17H32N4O2.2ClH/c1-18-16(23)17(9-5-4-6-10-17)21-12-7-8-14(21)15(22)19-11-13-20(2)3;;/h14H,4-13H2,1-3H3,(H,18,23)(H,19,22);2*1H/t14-;;/m0../s1. The van der Waals surface area contributed by atoms with Crippen LogP contribution in [0, 0.1) is 0 Å². The fourth-order valence-corrected chi connectivity index (χ4v) is 4.09. The average molecular weight is 397 g/mol. The van der Waals surface area contributed by atoms with Crippen LogP contribution in [0.4, 0.5) is 0 Å². The third-order valence-electron chi connectivity index (χ3n) is 5.29. The maximum atomic E-state index is 12.7. The molecule has 1 aliphatic heterocycles. The molecule has 0 aromatic heterocycles. The molecule has 1 heterocycles. The van der Waals surface area contributed by atoms with Crippen molar-refractivity contribution in [2.75, 3.05) is 40.8 Å². The van der Waals surface area contributed by atoms with Crippen molar-refractivity contribution in [3.05, 3.63) is 0 Å². The van der Waals surface area contributed by atoms with Gasteiger partial charge in [0.2, 0.25) is 11.8 Å². The summed E-state index contributed by atoms with van der Waals surface area (Å²) in [6, 6.07) is -0.160. The zero-order valence-corrected chi connectivity index (χ0v) is 17.3. The van der Waals surface area contributed by atoms with Gasteiger partial charge in [-0.05, 0) is 39.8 Å². The molecule has 25 heavy (non-hydrogen) atoms. The van der Waals surface area contributed by atoms with Crippen molar-refractivity contribution >= 4 is 36.6 Å². The van der Waals surface area contributed by atoms with Gasteiger partial charge in [0, 0.05) is 26.7 Å². The number of hydrogen-bond donors (Lipinski definition) is 2. The third kappa shape index (κ3) is 5.71. The first-order chi connectivity index (χ1) is 11.0. The van der Waals surface area contributed by atoms with Crippen molar-refractivity contribution in [1.82, 2.24) is 20.4 Å². The van der Waals surface area contributed by atoms with Crippen LogP contribution in [-0.4, -0.2) is 74.0 Å². The van der Waals surface area contributed by atoms with Gasteiger partial charge in [-0.2, -0.15) is 0 Å². The van der Waals surface area contributed by atoms with Gasteiger partial charge in [0.1, 0.15) is 5.54 Å². The average Bonchev–Trinajstić information content (AvgIpc) is 3.04.